The molecule has 0 N–H and O–H groups in total. The lowest BCUT2D eigenvalue weighted by molar-refractivity contribution is 0.565. The van der Waals surface area contributed by atoms with E-state index in [1.165, 1.54) is 12.8 Å². The van der Waals surface area contributed by atoms with Crippen LogP contribution in [0.5, 0.6) is 0 Å². The van der Waals surface area contributed by atoms with Crippen LogP contribution >= 0.6 is 11.8 Å². The first-order valence-electron chi connectivity index (χ1n) is 4.67. The maximum atomic E-state index is 10.0. The molecular formula is C11H13NOS. The van der Waals surface area contributed by atoms with E-state index in [9.17, 15) is 4.79 Å². The minimum atomic E-state index is 0.682. The lowest BCUT2D eigenvalue weighted by atomic mass is 10.3. The average molecular weight is 207 g/mol. The first kappa shape index (κ1) is 11.0. The second kappa shape index (κ2) is 6.41. The van der Waals surface area contributed by atoms with Gasteiger partial charge in [0.25, 0.3) is 0 Å². The van der Waals surface area contributed by atoms with Gasteiger partial charge in [0.1, 0.15) is 0 Å². The summed E-state index contributed by atoms with van der Waals surface area (Å²) in [6.07, 6.45) is 3.97. The van der Waals surface area contributed by atoms with Crippen LogP contribution in [0.4, 0.5) is 5.69 Å². The van der Waals surface area contributed by atoms with Crippen LogP contribution in [-0.2, 0) is 4.79 Å². The van der Waals surface area contributed by atoms with Gasteiger partial charge in [0.05, 0.1) is 5.69 Å². The first-order valence-corrected chi connectivity index (χ1v) is 5.66. The molecule has 0 aliphatic rings. The van der Waals surface area contributed by atoms with E-state index in [-0.39, 0.29) is 0 Å². The molecular weight excluding hydrogens is 194 g/mol. The zero-order valence-electron chi connectivity index (χ0n) is 8.19. The number of nitrogens with zero attached hydrogens (tertiary/aromatic N) is 1. The Kier molecular flexibility index (Phi) is 5.05. The number of isocyanates is 1. The van der Waals surface area contributed by atoms with E-state index in [0.717, 1.165) is 10.6 Å². The van der Waals surface area contributed by atoms with Crippen LogP contribution in [0.3, 0.4) is 0 Å². The average Bonchev–Trinajstić information content (AvgIpc) is 2.19. The number of carbonyl (C=O) groups excluding carboxylic acids is 1. The highest BCUT2D eigenvalue weighted by atomic mass is 32.2. The lowest BCUT2D eigenvalue weighted by Gasteiger charge is -2.00. The molecule has 0 atom stereocenters. The Hall–Kier alpha value is -1.05. The van der Waals surface area contributed by atoms with Crippen LogP contribution in [0.15, 0.2) is 34.2 Å². The summed E-state index contributed by atoms with van der Waals surface area (Å²) in [7, 11) is 0. The van der Waals surface area contributed by atoms with Crippen LogP contribution in [0.1, 0.15) is 19.8 Å². The molecule has 0 saturated heterocycles. The Morgan fingerprint density at radius 3 is 3.07 bits per heavy atom. The molecule has 0 heterocycles. The summed E-state index contributed by atoms with van der Waals surface area (Å²) in [5, 5.41) is 0. The molecule has 1 aromatic rings. The van der Waals surface area contributed by atoms with Gasteiger partial charge in [-0.15, -0.1) is 11.8 Å². The van der Waals surface area contributed by atoms with Gasteiger partial charge in [0.2, 0.25) is 6.08 Å². The van der Waals surface area contributed by atoms with Gasteiger partial charge in [-0.3, -0.25) is 0 Å². The van der Waals surface area contributed by atoms with Gasteiger partial charge in [-0.2, -0.15) is 4.99 Å². The summed E-state index contributed by atoms with van der Waals surface area (Å²) in [4.78, 5) is 14.8. The maximum absolute atomic E-state index is 10.0. The topological polar surface area (TPSA) is 29.4 Å². The maximum Gasteiger partial charge on any atom is 0.240 e. The van der Waals surface area contributed by atoms with Gasteiger partial charge in [-0.1, -0.05) is 19.4 Å². The second-order valence-corrected chi connectivity index (χ2v) is 4.07. The molecule has 0 saturated carbocycles. The van der Waals surface area contributed by atoms with E-state index in [4.69, 9.17) is 0 Å². The van der Waals surface area contributed by atoms with E-state index < -0.39 is 0 Å². The predicted octanol–water partition coefficient (Wildman–Crippen LogP) is 3.55. The molecule has 0 amide bonds. The summed E-state index contributed by atoms with van der Waals surface area (Å²) in [5.74, 6) is 1.12. The highest BCUT2D eigenvalue weighted by molar-refractivity contribution is 7.99. The van der Waals surface area contributed by atoms with Crippen molar-refractivity contribution < 1.29 is 4.79 Å². The fourth-order valence-electron chi connectivity index (χ4n) is 1.03. The fraction of sp³-hybridized carbons (Fsp3) is 0.364. The number of rotatable bonds is 5. The Morgan fingerprint density at radius 2 is 2.36 bits per heavy atom. The number of unbranched alkanes of at least 4 members (excludes halogenated alkanes) is 1. The van der Waals surface area contributed by atoms with Crippen LogP contribution in [0.2, 0.25) is 0 Å². The Bertz CT molecular complexity index is 332. The summed E-state index contributed by atoms with van der Waals surface area (Å²) in [5.41, 5.74) is 0.682. The molecule has 3 heteroatoms. The molecule has 0 aromatic heterocycles. The Labute approximate surface area is 88.4 Å². The number of benzene rings is 1. The molecule has 1 rings (SSSR count). The SMILES string of the molecule is CCCCSc1cccc(N=C=O)c1. The molecule has 1 aromatic carbocycles. The summed E-state index contributed by atoms with van der Waals surface area (Å²) in [6, 6.07) is 7.65. The normalized spacial score (nSPS) is 9.50. The summed E-state index contributed by atoms with van der Waals surface area (Å²) in [6.45, 7) is 2.17. The van der Waals surface area contributed by atoms with Crippen molar-refractivity contribution in [1.29, 1.82) is 0 Å². The van der Waals surface area contributed by atoms with E-state index in [0.29, 0.717) is 5.69 Å². The smallest absolute Gasteiger partial charge is 0.211 e. The van der Waals surface area contributed by atoms with Crippen molar-refractivity contribution in [1.82, 2.24) is 0 Å². The van der Waals surface area contributed by atoms with Crippen molar-refractivity contribution >= 4 is 23.5 Å². The van der Waals surface area contributed by atoms with Gasteiger partial charge >= 0.3 is 0 Å². The van der Waals surface area contributed by atoms with Crippen molar-refractivity contribution in [3.63, 3.8) is 0 Å². The van der Waals surface area contributed by atoms with Crippen LogP contribution in [0.25, 0.3) is 0 Å². The molecule has 0 spiro atoms. The summed E-state index contributed by atoms with van der Waals surface area (Å²) >= 11 is 1.80. The zero-order valence-corrected chi connectivity index (χ0v) is 9.01. The molecule has 0 bridgehead atoms. The summed E-state index contributed by atoms with van der Waals surface area (Å²) < 4.78 is 0. The number of aliphatic imine (C=N–C) groups is 1. The third kappa shape index (κ3) is 3.77. The molecule has 0 aliphatic heterocycles. The van der Waals surface area contributed by atoms with E-state index >= 15 is 0 Å². The zero-order chi connectivity index (χ0) is 10.2. The van der Waals surface area contributed by atoms with Crippen molar-refractivity contribution in [3.8, 4) is 0 Å². The lowest BCUT2D eigenvalue weighted by Crippen LogP contribution is -1.77. The van der Waals surface area contributed by atoms with Crippen LogP contribution < -0.4 is 0 Å². The van der Waals surface area contributed by atoms with E-state index in [2.05, 4.69) is 11.9 Å². The molecule has 0 aliphatic carbocycles. The van der Waals surface area contributed by atoms with Crippen molar-refractivity contribution in [2.24, 2.45) is 4.99 Å². The Balaban J connectivity index is 2.59. The van der Waals surface area contributed by atoms with Gasteiger partial charge in [0.15, 0.2) is 0 Å². The van der Waals surface area contributed by atoms with Crippen molar-refractivity contribution in [2.75, 3.05) is 5.75 Å². The van der Waals surface area contributed by atoms with Crippen LogP contribution in [-0.4, -0.2) is 11.8 Å². The molecule has 0 radical (unpaired) electrons. The van der Waals surface area contributed by atoms with Crippen LogP contribution in [0, 0.1) is 0 Å². The predicted molar refractivity (Wildman–Crippen MR) is 59.9 cm³/mol. The largest absolute Gasteiger partial charge is 0.240 e. The minimum Gasteiger partial charge on any atom is -0.211 e. The van der Waals surface area contributed by atoms with E-state index in [1.807, 2.05) is 18.2 Å². The quantitative estimate of drug-likeness (QED) is 0.320. The number of thioether (sulfide) groups is 1. The third-order valence-electron chi connectivity index (χ3n) is 1.76. The van der Waals surface area contributed by atoms with Crippen molar-refractivity contribution in [3.05, 3.63) is 24.3 Å². The number of hydrogen-bond acceptors (Lipinski definition) is 3. The molecule has 2 nitrogen and oxygen atoms in total. The molecule has 0 unspecified atom stereocenters. The number of hydrogen-bond donors (Lipinski definition) is 0. The van der Waals surface area contributed by atoms with Gasteiger partial charge < -0.3 is 0 Å². The first-order chi connectivity index (χ1) is 6.86. The second-order valence-electron chi connectivity index (χ2n) is 2.90. The highest BCUT2D eigenvalue weighted by Crippen LogP contribution is 2.23. The van der Waals surface area contributed by atoms with Crippen molar-refractivity contribution in [2.45, 2.75) is 24.7 Å². The molecule has 14 heavy (non-hydrogen) atoms. The van der Waals surface area contributed by atoms with Gasteiger partial charge in [0, 0.05) is 4.90 Å². The minimum absolute atomic E-state index is 0.682. The standard InChI is InChI=1S/C11H13NOS/c1-2-3-7-14-11-6-4-5-10(8-11)12-9-13/h4-6,8H,2-3,7H2,1H3. The molecule has 74 valence electrons. The fourth-order valence-corrected chi connectivity index (χ4v) is 2.08. The highest BCUT2D eigenvalue weighted by Gasteiger charge is 1.95. The third-order valence-corrected chi connectivity index (χ3v) is 2.84. The van der Waals surface area contributed by atoms with Gasteiger partial charge in [-0.05, 0) is 30.4 Å². The monoisotopic (exact) mass is 207 g/mol. The van der Waals surface area contributed by atoms with E-state index in [1.54, 1.807) is 23.9 Å². The van der Waals surface area contributed by atoms with Gasteiger partial charge in [-0.25, -0.2) is 4.79 Å². The Morgan fingerprint density at radius 1 is 1.50 bits per heavy atom. The molecule has 0 fully saturated rings.